The van der Waals surface area contributed by atoms with Gasteiger partial charge in [-0.1, -0.05) is 0 Å². The van der Waals surface area contributed by atoms with Crippen LogP contribution in [0.4, 0.5) is 10.7 Å². The number of piperidine rings is 1. The lowest BCUT2D eigenvalue weighted by Gasteiger charge is -2.37. The maximum atomic E-state index is 11.5. The van der Waals surface area contributed by atoms with Crippen LogP contribution in [0.25, 0.3) is 0 Å². The second-order valence-electron chi connectivity index (χ2n) is 5.34. The number of anilines is 2. The third-order valence-corrected chi connectivity index (χ3v) is 5.30. The molecule has 0 aliphatic carbocycles. The Hall–Kier alpha value is -1.07. The number of fused-ring (bicyclic) bond motifs is 2. The van der Waals surface area contributed by atoms with Gasteiger partial charge in [-0.2, -0.15) is 0 Å². The van der Waals surface area contributed by atoms with Crippen molar-refractivity contribution in [3.8, 4) is 0 Å². The summed E-state index contributed by atoms with van der Waals surface area (Å²) in [6.07, 6.45) is 3.78. The third-order valence-electron chi connectivity index (χ3n) is 4.03. The molecule has 1 aromatic heterocycles. The molecule has 0 aromatic carbocycles. The molecule has 98 valence electrons. The van der Waals surface area contributed by atoms with E-state index < -0.39 is 0 Å². The summed E-state index contributed by atoms with van der Waals surface area (Å²) in [4.78, 5) is 14.5. The Morgan fingerprint density at radius 1 is 1.44 bits per heavy atom. The fraction of sp³-hybridized carbons (Fsp3) is 0.615. The first-order valence-corrected chi connectivity index (χ1v) is 7.24. The van der Waals surface area contributed by atoms with Crippen molar-refractivity contribution in [2.75, 3.05) is 10.6 Å². The Labute approximate surface area is 110 Å². The van der Waals surface area contributed by atoms with Crippen LogP contribution in [0.3, 0.4) is 0 Å². The average molecular weight is 266 g/mol. The van der Waals surface area contributed by atoms with E-state index in [0.717, 1.165) is 30.7 Å². The van der Waals surface area contributed by atoms with E-state index in [1.54, 1.807) is 6.92 Å². The van der Waals surface area contributed by atoms with E-state index in [4.69, 9.17) is 5.73 Å². The summed E-state index contributed by atoms with van der Waals surface area (Å²) in [5.74, 6) is 0.0353. The second kappa shape index (κ2) is 4.24. The average Bonchev–Trinajstić information content (AvgIpc) is 2.78. The predicted octanol–water partition coefficient (Wildman–Crippen LogP) is 2.02. The number of carbonyl (C=O) groups excluding carboxylic acids is 1. The number of nitrogens with zero attached hydrogens (tertiary/aromatic N) is 1. The molecular formula is C13H18N2O2S. The summed E-state index contributed by atoms with van der Waals surface area (Å²) in [5, 5.41) is 10.9. The Balaban J connectivity index is 1.92. The summed E-state index contributed by atoms with van der Waals surface area (Å²) in [7, 11) is 0. The third kappa shape index (κ3) is 1.82. The van der Waals surface area contributed by atoms with Crippen molar-refractivity contribution in [3.05, 3.63) is 10.9 Å². The SMILES string of the molecule is CC(=O)c1sc(N2C3CCC2CC(O)C3)cc1N. The number of thiophene rings is 1. The zero-order valence-corrected chi connectivity index (χ0v) is 11.2. The Kier molecular flexibility index (Phi) is 2.83. The molecule has 3 N–H and O–H groups in total. The molecule has 1 aromatic rings. The molecule has 2 unspecified atom stereocenters. The van der Waals surface area contributed by atoms with E-state index >= 15 is 0 Å². The summed E-state index contributed by atoms with van der Waals surface area (Å²) in [6, 6.07) is 2.75. The molecule has 2 atom stereocenters. The maximum absolute atomic E-state index is 11.5. The van der Waals surface area contributed by atoms with Gasteiger partial charge in [0.2, 0.25) is 0 Å². The monoisotopic (exact) mass is 266 g/mol. The van der Waals surface area contributed by atoms with Crippen molar-refractivity contribution < 1.29 is 9.90 Å². The minimum Gasteiger partial charge on any atom is -0.397 e. The van der Waals surface area contributed by atoms with Crippen LogP contribution in [0, 0.1) is 0 Å². The Morgan fingerprint density at radius 2 is 2.06 bits per heavy atom. The normalized spacial score (nSPS) is 30.8. The molecule has 0 radical (unpaired) electrons. The zero-order valence-electron chi connectivity index (χ0n) is 10.4. The Morgan fingerprint density at radius 3 is 2.56 bits per heavy atom. The number of Topliss-reactive ketones (excluding diaryl/α,β-unsaturated/α-hetero) is 1. The number of hydrogen-bond acceptors (Lipinski definition) is 5. The van der Waals surface area contributed by atoms with Crippen LogP contribution in [0.5, 0.6) is 0 Å². The lowest BCUT2D eigenvalue weighted by atomic mass is 10.0. The van der Waals surface area contributed by atoms with Gasteiger partial charge in [-0.25, -0.2) is 0 Å². The fourth-order valence-electron chi connectivity index (χ4n) is 3.30. The lowest BCUT2D eigenvalue weighted by molar-refractivity contribution is 0.102. The van der Waals surface area contributed by atoms with E-state index in [2.05, 4.69) is 4.90 Å². The molecular weight excluding hydrogens is 248 g/mol. The smallest absolute Gasteiger partial charge is 0.171 e. The van der Waals surface area contributed by atoms with Gasteiger partial charge in [0.1, 0.15) is 0 Å². The highest BCUT2D eigenvalue weighted by molar-refractivity contribution is 7.18. The van der Waals surface area contributed by atoms with Gasteiger partial charge in [0.05, 0.1) is 21.7 Å². The van der Waals surface area contributed by atoms with Crippen LogP contribution in [0.1, 0.15) is 42.3 Å². The minimum absolute atomic E-state index is 0.0353. The summed E-state index contributed by atoms with van der Waals surface area (Å²) in [5.41, 5.74) is 6.49. The van der Waals surface area contributed by atoms with E-state index in [9.17, 15) is 9.90 Å². The molecule has 0 spiro atoms. The molecule has 3 rings (SSSR count). The van der Waals surface area contributed by atoms with E-state index in [0.29, 0.717) is 22.6 Å². The van der Waals surface area contributed by atoms with E-state index in [1.165, 1.54) is 11.3 Å². The van der Waals surface area contributed by atoms with Gasteiger partial charge in [0.15, 0.2) is 5.78 Å². The summed E-state index contributed by atoms with van der Waals surface area (Å²) < 4.78 is 0. The van der Waals surface area contributed by atoms with Crippen molar-refractivity contribution in [3.63, 3.8) is 0 Å². The first-order chi connectivity index (χ1) is 8.56. The number of nitrogen functional groups attached to an aromatic ring is 1. The van der Waals surface area contributed by atoms with Gasteiger partial charge in [-0.05, 0) is 31.7 Å². The first kappa shape index (κ1) is 12.0. The molecule has 2 aliphatic rings. The molecule has 0 amide bonds. The molecule has 2 aliphatic heterocycles. The van der Waals surface area contributed by atoms with E-state index in [1.807, 2.05) is 6.07 Å². The zero-order chi connectivity index (χ0) is 12.9. The highest BCUT2D eigenvalue weighted by atomic mass is 32.1. The highest BCUT2D eigenvalue weighted by Gasteiger charge is 2.41. The second-order valence-corrected chi connectivity index (χ2v) is 6.37. The number of rotatable bonds is 2. The van der Waals surface area contributed by atoms with Gasteiger partial charge >= 0.3 is 0 Å². The molecule has 3 heterocycles. The first-order valence-electron chi connectivity index (χ1n) is 6.43. The molecule has 2 saturated heterocycles. The van der Waals surface area contributed by atoms with Crippen LogP contribution >= 0.6 is 11.3 Å². The Bertz CT molecular complexity index is 471. The molecule has 2 bridgehead atoms. The van der Waals surface area contributed by atoms with Gasteiger partial charge in [-0.3, -0.25) is 4.79 Å². The van der Waals surface area contributed by atoms with Crippen molar-refractivity contribution in [1.82, 2.24) is 0 Å². The minimum atomic E-state index is -0.164. The van der Waals surface area contributed by atoms with Crippen LogP contribution in [0.15, 0.2) is 6.07 Å². The van der Waals surface area contributed by atoms with Crippen molar-refractivity contribution in [2.24, 2.45) is 0 Å². The fourth-order valence-corrected chi connectivity index (χ4v) is 4.42. The largest absolute Gasteiger partial charge is 0.397 e. The summed E-state index contributed by atoms with van der Waals surface area (Å²) >= 11 is 1.49. The number of aliphatic hydroxyl groups excluding tert-OH is 1. The van der Waals surface area contributed by atoms with Crippen molar-refractivity contribution in [1.29, 1.82) is 0 Å². The van der Waals surface area contributed by atoms with Gasteiger partial charge in [0, 0.05) is 19.0 Å². The number of carbonyl (C=O) groups is 1. The lowest BCUT2D eigenvalue weighted by Crippen LogP contribution is -2.44. The molecule has 5 heteroatoms. The van der Waals surface area contributed by atoms with Crippen LogP contribution in [-0.4, -0.2) is 29.1 Å². The molecule has 18 heavy (non-hydrogen) atoms. The van der Waals surface area contributed by atoms with Crippen LogP contribution in [-0.2, 0) is 0 Å². The maximum Gasteiger partial charge on any atom is 0.171 e. The van der Waals surface area contributed by atoms with Crippen LogP contribution < -0.4 is 10.6 Å². The van der Waals surface area contributed by atoms with Crippen LogP contribution in [0.2, 0.25) is 0 Å². The molecule has 4 nitrogen and oxygen atoms in total. The molecule has 0 saturated carbocycles. The predicted molar refractivity (Wildman–Crippen MR) is 73.3 cm³/mol. The van der Waals surface area contributed by atoms with Gasteiger partial charge in [0.25, 0.3) is 0 Å². The van der Waals surface area contributed by atoms with Crippen molar-refractivity contribution in [2.45, 2.75) is 50.8 Å². The molecule has 2 fully saturated rings. The number of aliphatic hydroxyl groups is 1. The highest BCUT2D eigenvalue weighted by Crippen LogP contribution is 2.43. The van der Waals surface area contributed by atoms with Gasteiger partial charge in [-0.15, -0.1) is 11.3 Å². The standard InChI is InChI=1S/C13H18N2O2S/c1-7(16)13-11(14)6-12(18-13)15-8-2-3-9(15)5-10(17)4-8/h6,8-10,17H,2-5,14H2,1H3. The number of nitrogens with two attached hydrogens (primary N) is 1. The number of hydrogen-bond donors (Lipinski definition) is 2. The quantitative estimate of drug-likeness (QED) is 0.804. The summed E-state index contributed by atoms with van der Waals surface area (Å²) in [6.45, 7) is 1.56. The van der Waals surface area contributed by atoms with Gasteiger partial charge < -0.3 is 15.7 Å². The van der Waals surface area contributed by atoms with Crippen molar-refractivity contribution >= 4 is 27.8 Å². The number of ketones is 1. The topological polar surface area (TPSA) is 66.6 Å². The van der Waals surface area contributed by atoms with E-state index in [-0.39, 0.29) is 11.9 Å².